The van der Waals surface area contributed by atoms with Crippen LogP contribution in [0.3, 0.4) is 0 Å². The van der Waals surface area contributed by atoms with Gasteiger partial charge in [0, 0.05) is 17.7 Å². The highest BCUT2D eigenvalue weighted by Crippen LogP contribution is 2.38. The van der Waals surface area contributed by atoms with Gasteiger partial charge in [-0.3, -0.25) is 4.79 Å². The smallest absolute Gasteiger partial charge is 0.150 e. The Balaban J connectivity index is 2.66. The number of nitrogens with zero attached hydrogens (tertiary/aromatic N) is 1. The number of hydrogen-bond donors (Lipinski definition) is 0. The summed E-state index contributed by atoms with van der Waals surface area (Å²) in [6, 6.07) is 10.1. The van der Waals surface area contributed by atoms with E-state index in [-0.39, 0.29) is 0 Å². The molecule has 2 aromatic rings. The number of rotatable bonds is 6. The fourth-order valence-electron chi connectivity index (χ4n) is 2.98. The van der Waals surface area contributed by atoms with Gasteiger partial charge in [-0.15, -0.1) is 0 Å². The van der Waals surface area contributed by atoms with Crippen molar-refractivity contribution >= 4 is 6.29 Å². The van der Waals surface area contributed by atoms with Gasteiger partial charge < -0.3 is 9.64 Å². The topological polar surface area (TPSA) is 29.5 Å². The largest absolute Gasteiger partial charge is 0.496 e. The second-order valence-corrected chi connectivity index (χ2v) is 6.20. The molecule has 3 heteroatoms. The molecule has 0 bridgehead atoms. The van der Waals surface area contributed by atoms with Gasteiger partial charge in [0.15, 0.2) is 0 Å². The summed E-state index contributed by atoms with van der Waals surface area (Å²) in [6.07, 6.45) is 1.76. The van der Waals surface area contributed by atoms with Gasteiger partial charge in [0.05, 0.1) is 7.11 Å². The van der Waals surface area contributed by atoms with Crippen molar-refractivity contribution in [2.45, 2.75) is 20.3 Å². The Hall–Kier alpha value is -2.13. The van der Waals surface area contributed by atoms with Crippen LogP contribution >= 0.6 is 0 Å². The van der Waals surface area contributed by atoms with Crippen LogP contribution in [0.15, 0.2) is 30.3 Å². The lowest BCUT2D eigenvalue weighted by Crippen LogP contribution is -2.15. The summed E-state index contributed by atoms with van der Waals surface area (Å²) >= 11 is 0. The molecule has 0 aliphatic carbocycles. The summed E-state index contributed by atoms with van der Waals surface area (Å²) in [6.45, 7) is 5.09. The molecule has 0 atom stereocenters. The summed E-state index contributed by atoms with van der Waals surface area (Å²) < 4.78 is 5.74. The van der Waals surface area contributed by atoms with Gasteiger partial charge >= 0.3 is 0 Å². The lowest BCUT2D eigenvalue weighted by Gasteiger charge is -2.19. The van der Waals surface area contributed by atoms with Crippen LogP contribution in [0.5, 0.6) is 5.75 Å². The third kappa shape index (κ3) is 3.80. The average molecular weight is 311 g/mol. The predicted molar refractivity (Wildman–Crippen MR) is 95.5 cm³/mol. The lowest BCUT2D eigenvalue weighted by molar-refractivity contribution is 0.112. The number of aryl methyl sites for hydroxylation is 2. The van der Waals surface area contributed by atoms with Crippen molar-refractivity contribution in [3.05, 3.63) is 52.6 Å². The van der Waals surface area contributed by atoms with Crippen LogP contribution in [0.25, 0.3) is 11.1 Å². The molecule has 0 radical (unpaired) electrons. The van der Waals surface area contributed by atoms with E-state index in [1.807, 2.05) is 26.2 Å². The molecule has 0 fully saturated rings. The Morgan fingerprint density at radius 2 is 1.78 bits per heavy atom. The van der Waals surface area contributed by atoms with Crippen LogP contribution < -0.4 is 4.74 Å². The van der Waals surface area contributed by atoms with Gasteiger partial charge in [0.1, 0.15) is 12.0 Å². The van der Waals surface area contributed by atoms with Crippen LogP contribution in [0.4, 0.5) is 0 Å². The highest BCUT2D eigenvalue weighted by Gasteiger charge is 2.16. The number of likely N-dealkylation sites (N-methyl/N-ethyl adjacent to an activating group) is 1. The number of carbonyl (C=O) groups is 1. The van der Waals surface area contributed by atoms with Crippen molar-refractivity contribution in [1.82, 2.24) is 4.90 Å². The number of benzene rings is 2. The van der Waals surface area contributed by atoms with Crippen molar-refractivity contribution < 1.29 is 9.53 Å². The summed E-state index contributed by atoms with van der Waals surface area (Å²) in [4.78, 5) is 13.5. The SMILES string of the molecule is COc1c(CCN(C)C)cc(C=O)cc1-c1c(C)cccc1C. The van der Waals surface area contributed by atoms with Crippen molar-refractivity contribution in [1.29, 1.82) is 0 Å². The van der Waals surface area contributed by atoms with E-state index in [2.05, 4.69) is 36.9 Å². The molecule has 2 aromatic carbocycles. The minimum atomic E-state index is 0.692. The van der Waals surface area contributed by atoms with Crippen LogP contribution in [0.2, 0.25) is 0 Å². The van der Waals surface area contributed by atoms with Gasteiger partial charge in [0.25, 0.3) is 0 Å². The van der Waals surface area contributed by atoms with Crippen LogP contribution in [0, 0.1) is 13.8 Å². The van der Waals surface area contributed by atoms with E-state index in [1.54, 1.807) is 7.11 Å². The number of carbonyl (C=O) groups excluding carboxylic acids is 1. The van der Waals surface area contributed by atoms with Crippen molar-refractivity contribution in [2.75, 3.05) is 27.7 Å². The van der Waals surface area contributed by atoms with E-state index in [1.165, 1.54) is 11.1 Å². The highest BCUT2D eigenvalue weighted by atomic mass is 16.5. The molecule has 0 heterocycles. The van der Waals surface area contributed by atoms with Gasteiger partial charge in [-0.25, -0.2) is 0 Å². The summed E-state index contributed by atoms with van der Waals surface area (Å²) in [5.41, 5.74) is 6.29. The number of hydrogen-bond acceptors (Lipinski definition) is 3. The molecular weight excluding hydrogens is 286 g/mol. The maximum atomic E-state index is 11.4. The Kier molecular flexibility index (Phi) is 5.56. The second-order valence-electron chi connectivity index (χ2n) is 6.20. The van der Waals surface area contributed by atoms with E-state index in [9.17, 15) is 4.79 Å². The molecule has 0 saturated heterocycles. The first-order valence-corrected chi connectivity index (χ1v) is 7.85. The van der Waals surface area contributed by atoms with Gasteiger partial charge in [-0.1, -0.05) is 18.2 Å². The first-order valence-electron chi connectivity index (χ1n) is 7.85. The fourth-order valence-corrected chi connectivity index (χ4v) is 2.98. The third-order valence-corrected chi connectivity index (χ3v) is 4.11. The summed E-state index contributed by atoms with van der Waals surface area (Å²) in [7, 11) is 5.79. The minimum Gasteiger partial charge on any atom is -0.496 e. The van der Waals surface area contributed by atoms with Gasteiger partial charge in [0.2, 0.25) is 0 Å². The van der Waals surface area contributed by atoms with Crippen molar-refractivity contribution in [2.24, 2.45) is 0 Å². The molecule has 3 nitrogen and oxygen atoms in total. The minimum absolute atomic E-state index is 0.692. The van der Waals surface area contributed by atoms with Gasteiger partial charge in [-0.2, -0.15) is 0 Å². The molecule has 0 N–H and O–H groups in total. The fraction of sp³-hybridized carbons (Fsp3) is 0.350. The number of ether oxygens (including phenoxy) is 1. The average Bonchev–Trinajstić information content (AvgIpc) is 2.52. The molecule has 0 saturated carbocycles. The lowest BCUT2D eigenvalue weighted by atomic mass is 9.91. The van der Waals surface area contributed by atoms with Crippen LogP contribution in [0.1, 0.15) is 27.0 Å². The summed E-state index contributed by atoms with van der Waals surface area (Å²) in [5, 5.41) is 0. The maximum Gasteiger partial charge on any atom is 0.150 e. The molecular formula is C20H25NO2. The highest BCUT2D eigenvalue weighted by molar-refractivity contribution is 5.85. The molecule has 0 unspecified atom stereocenters. The molecule has 0 aromatic heterocycles. The quantitative estimate of drug-likeness (QED) is 0.758. The number of methoxy groups -OCH3 is 1. The Bertz CT molecular complexity index is 685. The zero-order chi connectivity index (χ0) is 17.0. The monoisotopic (exact) mass is 311 g/mol. The molecule has 0 spiro atoms. The predicted octanol–water partition coefficient (Wildman–Crippen LogP) is 3.90. The van der Waals surface area contributed by atoms with Crippen LogP contribution in [-0.4, -0.2) is 38.9 Å². The normalized spacial score (nSPS) is 10.9. The Labute approximate surface area is 138 Å². The standard InChI is InChI=1S/C20H25NO2/c1-14-7-6-8-15(2)19(14)18-12-16(13-22)11-17(20(18)23-5)9-10-21(3)4/h6-8,11-13H,9-10H2,1-5H3. The molecule has 0 amide bonds. The van der Waals surface area contributed by atoms with E-state index in [0.717, 1.165) is 41.7 Å². The molecule has 23 heavy (non-hydrogen) atoms. The third-order valence-electron chi connectivity index (χ3n) is 4.11. The van der Waals surface area contributed by atoms with Crippen LogP contribution in [-0.2, 0) is 6.42 Å². The van der Waals surface area contributed by atoms with Gasteiger partial charge in [-0.05, 0) is 68.8 Å². The van der Waals surface area contributed by atoms with E-state index in [4.69, 9.17) is 4.74 Å². The molecule has 2 rings (SSSR count). The molecule has 0 aliphatic rings. The first-order chi connectivity index (χ1) is 11.0. The van der Waals surface area contributed by atoms with Crippen molar-refractivity contribution in [3.63, 3.8) is 0 Å². The Morgan fingerprint density at radius 1 is 1.13 bits per heavy atom. The first kappa shape index (κ1) is 17.2. The zero-order valence-corrected chi connectivity index (χ0v) is 14.6. The summed E-state index contributed by atoms with van der Waals surface area (Å²) in [5.74, 6) is 0.870. The van der Waals surface area contributed by atoms with Crippen molar-refractivity contribution in [3.8, 4) is 16.9 Å². The molecule has 122 valence electrons. The second kappa shape index (κ2) is 7.42. The number of aldehydes is 1. The molecule has 0 aliphatic heterocycles. The Morgan fingerprint density at radius 3 is 2.30 bits per heavy atom. The maximum absolute atomic E-state index is 11.4. The van der Waals surface area contributed by atoms with E-state index >= 15 is 0 Å². The zero-order valence-electron chi connectivity index (χ0n) is 14.6. The van der Waals surface area contributed by atoms with E-state index in [0.29, 0.717) is 5.56 Å². The van der Waals surface area contributed by atoms with E-state index < -0.39 is 0 Å².